The molecule has 0 aromatic heterocycles. The summed E-state index contributed by atoms with van der Waals surface area (Å²) in [5, 5.41) is 7.30. The van der Waals surface area contributed by atoms with Crippen LogP contribution in [0.5, 0.6) is 0 Å². The van der Waals surface area contributed by atoms with Crippen molar-refractivity contribution in [2.75, 3.05) is 36.4 Å². The molecule has 0 saturated carbocycles. The second-order valence-electron chi connectivity index (χ2n) is 7.33. The topological polar surface area (TPSA) is 64.7 Å². The van der Waals surface area contributed by atoms with E-state index in [0.29, 0.717) is 58.9 Å². The van der Waals surface area contributed by atoms with Gasteiger partial charge in [0, 0.05) is 53.7 Å². The third kappa shape index (κ3) is 7.08. The molecule has 0 atom stereocenters. The maximum atomic E-state index is 12.3. The van der Waals surface area contributed by atoms with Gasteiger partial charge < -0.3 is 15.1 Å². The second-order valence-corrected chi connectivity index (χ2v) is 9.01. The first-order chi connectivity index (χ1) is 15.8. The molecule has 174 valence electrons. The Morgan fingerprint density at radius 1 is 1.03 bits per heavy atom. The summed E-state index contributed by atoms with van der Waals surface area (Å²) in [4.78, 5) is 28.3. The molecule has 1 fully saturated rings. The Bertz CT molecular complexity index is 1090. The molecule has 2 aromatic rings. The number of nitrogens with zero attached hydrogens (tertiary/aromatic N) is 2. The van der Waals surface area contributed by atoms with E-state index < -0.39 is 5.91 Å². The molecule has 0 spiro atoms. The Hall–Kier alpha value is -2.32. The number of halogens is 3. The van der Waals surface area contributed by atoms with Crippen LogP contribution in [0.2, 0.25) is 15.1 Å². The van der Waals surface area contributed by atoms with Crippen LogP contribution in [0.4, 0.5) is 11.4 Å². The van der Waals surface area contributed by atoms with Gasteiger partial charge >= 0.3 is 0 Å². The van der Waals surface area contributed by atoms with Crippen LogP contribution in [0, 0.1) is 0 Å². The Kier molecular flexibility index (Phi) is 8.97. The summed E-state index contributed by atoms with van der Waals surface area (Å²) in [5.74, 6) is -0.255. The van der Waals surface area contributed by atoms with Gasteiger partial charge in [0.1, 0.15) is 0 Å². The largest absolute Gasteiger partial charge is 0.366 e. The van der Waals surface area contributed by atoms with Crippen molar-refractivity contribution >= 4 is 81.4 Å². The zero-order chi connectivity index (χ0) is 24.0. The van der Waals surface area contributed by atoms with Gasteiger partial charge in [0.25, 0.3) is 0 Å². The maximum absolute atomic E-state index is 12.3. The predicted molar refractivity (Wildman–Crippen MR) is 140 cm³/mol. The summed E-state index contributed by atoms with van der Waals surface area (Å²) in [6, 6.07) is 10.5. The number of piperazine rings is 1. The molecule has 1 heterocycles. The van der Waals surface area contributed by atoms with Gasteiger partial charge in [-0.2, -0.15) is 0 Å². The molecule has 2 aromatic carbocycles. The summed E-state index contributed by atoms with van der Waals surface area (Å²) >= 11 is 23.5. The molecule has 3 rings (SSSR count). The zero-order valence-electron chi connectivity index (χ0n) is 17.9. The van der Waals surface area contributed by atoms with Gasteiger partial charge in [-0.3, -0.25) is 14.9 Å². The number of carbonyl (C=O) groups is 2. The maximum Gasteiger partial charge on any atom is 0.250 e. The number of anilines is 2. The van der Waals surface area contributed by atoms with Crippen molar-refractivity contribution in [1.82, 2.24) is 10.2 Å². The first kappa shape index (κ1) is 25.3. The lowest BCUT2D eigenvalue weighted by molar-refractivity contribution is -0.131. The lowest BCUT2D eigenvalue weighted by Gasteiger charge is -2.37. The monoisotopic (exact) mass is 524 g/mol. The van der Waals surface area contributed by atoms with Crippen LogP contribution in [0.15, 0.2) is 42.5 Å². The Labute approximate surface area is 213 Å². The van der Waals surface area contributed by atoms with Crippen LogP contribution >= 0.6 is 47.0 Å². The molecule has 6 nitrogen and oxygen atoms in total. The summed E-state index contributed by atoms with van der Waals surface area (Å²) in [6.45, 7) is 4.53. The molecule has 0 radical (unpaired) electrons. The third-order valence-corrected chi connectivity index (χ3v) is 6.10. The highest BCUT2D eigenvalue weighted by Gasteiger charge is 2.22. The van der Waals surface area contributed by atoms with Crippen molar-refractivity contribution in [2.24, 2.45) is 0 Å². The SMILES string of the molecule is CCC(=O)N1CCN(c2ccc(Cl)cc2NC(=S)NC(=O)/C=C/c2ccc(Cl)cc2Cl)CC1. The molecule has 1 saturated heterocycles. The van der Waals surface area contributed by atoms with Gasteiger partial charge in [-0.1, -0.05) is 47.8 Å². The lowest BCUT2D eigenvalue weighted by atomic mass is 10.2. The predicted octanol–water partition coefficient (Wildman–Crippen LogP) is 5.23. The van der Waals surface area contributed by atoms with Crippen LogP contribution in [0.1, 0.15) is 18.9 Å². The fourth-order valence-electron chi connectivity index (χ4n) is 3.41. The first-order valence-corrected chi connectivity index (χ1v) is 11.9. The van der Waals surface area contributed by atoms with Gasteiger partial charge in [0.05, 0.1) is 11.4 Å². The van der Waals surface area contributed by atoms with Crippen molar-refractivity contribution in [2.45, 2.75) is 13.3 Å². The quantitative estimate of drug-likeness (QED) is 0.413. The Balaban J connectivity index is 1.63. The van der Waals surface area contributed by atoms with Crippen molar-refractivity contribution in [3.05, 3.63) is 63.1 Å². The van der Waals surface area contributed by atoms with Gasteiger partial charge in [-0.05, 0) is 54.2 Å². The van der Waals surface area contributed by atoms with E-state index in [0.717, 1.165) is 5.69 Å². The van der Waals surface area contributed by atoms with Gasteiger partial charge in [0.15, 0.2) is 5.11 Å². The number of rotatable bonds is 5. The molecule has 0 bridgehead atoms. The fourth-order valence-corrected chi connectivity index (χ4v) is 4.27. The van der Waals surface area contributed by atoms with E-state index in [4.69, 9.17) is 47.0 Å². The van der Waals surface area contributed by atoms with E-state index in [9.17, 15) is 9.59 Å². The smallest absolute Gasteiger partial charge is 0.250 e. The molecule has 0 aliphatic carbocycles. The van der Waals surface area contributed by atoms with Crippen molar-refractivity contribution < 1.29 is 9.59 Å². The first-order valence-electron chi connectivity index (χ1n) is 10.3. The minimum Gasteiger partial charge on any atom is -0.366 e. The average Bonchev–Trinajstić information content (AvgIpc) is 2.78. The van der Waals surface area contributed by atoms with Crippen LogP contribution in [0.3, 0.4) is 0 Å². The number of thiocarbonyl (C=S) groups is 1. The lowest BCUT2D eigenvalue weighted by Crippen LogP contribution is -2.48. The normalized spacial score (nSPS) is 13.8. The van der Waals surface area contributed by atoms with Crippen LogP contribution in [0.25, 0.3) is 6.08 Å². The van der Waals surface area contributed by atoms with Gasteiger partial charge in [-0.15, -0.1) is 0 Å². The molecule has 1 aliphatic heterocycles. The van der Waals surface area contributed by atoms with Gasteiger partial charge in [0.2, 0.25) is 11.8 Å². The van der Waals surface area contributed by atoms with Gasteiger partial charge in [-0.25, -0.2) is 0 Å². The van der Waals surface area contributed by atoms with Crippen molar-refractivity contribution in [1.29, 1.82) is 0 Å². The van der Waals surface area contributed by atoms with E-state index in [1.807, 2.05) is 17.9 Å². The number of carbonyl (C=O) groups excluding carboxylic acids is 2. The minimum atomic E-state index is -0.409. The van der Waals surface area contributed by atoms with E-state index in [1.165, 1.54) is 6.08 Å². The van der Waals surface area contributed by atoms with E-state index in [-0.39, 0.29) is 11.0 Å². The zero-order valence-corrected chi connectivity index (χ0v) is 21.0. The summed E-state index contributed by atoms with van der Waals surface area (Å²) in [7, 11) is 0. The Morgan fingerprint density at radius 2 is 1.70 bits per heavy atom. The van der Waals surface area contributed by atoms with Crippen molar-refractivity contribution in [3.63, 3.8) is 0 Å². The van der Waals surface area contributed by atoms with Crippen LogP contribution in [-0.2, 0) is 9.59 Å². The number of nitrogens with one attached hydrogen (secondary N) is 2. The molecule has 2 amide bonds. The molecule has 33 heavy (non-hydrogen) atoms. The second kappa shape index (κ2) is 11.7. The van der Waals surface area contributed by atoms with Crippen LogP contribution < -0.4 is 15.5 Å². The average molecular weight is 526 g/mol. The highest BCUT2D eigenvalue weighted by atomic mass is 35.5. The number of hydrogen-bond acceptors (Lipinski definition) is 4. The molecule has 10 heteroatoms. The van der Waals surface area contributed by atoms with E-state index in [2.05, 4.69) is 15.5 Å². The number of benzene rings is 2. The number of hydrogen-bond donors (Lipinski definition) is 2. The van der Waals surface area contributed by atoms with E-state index >= 15 is 0 Å². The summed E-state index contributed by atoms with van der Waals surface area (Å²) in [5.41, 5.74) is 2.23. The molecular formula is C23H23Cl3N4O2S. The standard InChI is InChI=1S/C23H23Cl3N4O2S/c1-2-22(32)30-11-9-29(10-12-30)20-7-6-17(25)14-19(20)27-23(33)28-21(31)8-4-15-3-5-16(24)13-18(15)26/h3-8,13-14H,2,9-12H2,1H3,(H2,27,28,31,33)/b8-4+. The van der Waals surface area contributed by atoms with Crippen molar-refractivity contribution in [3.8, 4) is 0 Å². The van der Waals surface area contributed by atoms with E-state index in [1.54, 1.807) is 36.4 Å². The highest BCUT2D eigenvalue weighted by Crippen LogP contribution is 2.30. The fraction of sp³-hybridized carbons (Fsp3) is 0.261. The minimum absolute atomic E-state index is 0.134. The molecule has 1 aliphatic rings. The van der Waals surface area contributed by atoms with Crippen LogP contribution in [-0.4, -0.2) is 48.0 Å². The molecule has 0 unspecified atom stereocenters. The third-order valence-electron chi connectivity index (χ3n) is 5.10. The molecular weight excluding hydrogens is 503 g/mol. The Morgan fingerprint density at radius 3 is 2.36 bits per heavy atom. The number of amides is 2. The molecule has 2 N–H and O–H groups in total. The summed E-state index contributed by atoms with van der Waals surface area (Å²) < 4.78 is 0. The summed E-state index contributed by atoms with van der Waals surface area (Å²) in [6.07, 6.45) is 3.42. The highest BCUT2D eigenvalue weighted by molar-refractivity contribution is 7.80.